The van der Waals surface area contributed by atoms with Crippen molar-refractivity contribution in [2.75, 3.05) is 13.1 Å². The van der Waals surface area contributed by atoms with Crippen LogP contribution in [-0.2, 0) is 4.79 Å². The van der Waals surface area contributed by atoms with Crippen LogP contribution in [0.1, 0.15) is 47.2 Å². The lowest BCUT2D eigenvalue weighted by molar-refractivity contribution is -0.113. The van der Waals surface area contributed by atoms with E-state index in [-0.39, 0.29) is 5.78 Å². The van der Waals surface area contributed by atoms with Crippen LogP contribution in [-0.4, -0.2) is 40.0 Å². The summed E-state index contributed by atoms with van der Waals surface area (Å²) >= 11 is 0. The number of carbonyl (C=O) groups excluding carboxylic acids is 1. The minimum atomic E-state index is 0.0543. The summed E-state index contributed by atoms with van der Waals surface area (Å²) in [5.41, 5.74) is 6.55. The van der Waals surface area contributed by atoms with Crippen molar-refractivity contribution >= 4 is 17.9 Å². The average molecular weight is 406 g/mol. The summed E-state index contributed by atoms with van der Waals surface area (Å²) in [6, 6.07) is 7.94. The molecule has 1 fully saturated rings. The first-order chi connectivity index (χ1) is 14.1. The lowest BCUT2D eigenvalue weighted by atomic mass is 9.92. The van der Waals surface area contributed by atoms with E-state index in [1.807, 2.05) is 64.1 Å². The van der Waals surface area contributed by atoms with E-state index in [9.17, 15) is 15.0 Å². The van der Waals surface area contributed by atoms with E-state index in [2.05, 4.69) is 18.7 Å². The van der Waals surface area contributed by atoms with Gasteiger partial charge >= 0.3 is 0 Å². The topological polar surface area (TPSA) is 60.8 Å². The standard InChI is InChI=1S/C26H31NO3/c1-15(2)27-13-22(11-20-7-16(3)24(28)17(4)8-20)26(30)23(14-27)12-21-9-18(5)25(29)19(6)10-21/h7-12,15,28-29H,13-14H2,1-6H3/b22-11+,23-12+. The van der Waals surface area contributed by atoms with Crippen molar-refractivity contribution in [3.05, 3.63) is 68.8 Å². The van der Waals surface area contributed by atoms with Gasteiger partial charge in [-0.25, -0.2) is 0 Å². The van der Waals surface area contributed by atoms with Crippen LogP contribution >= 0.6 is 0 Å². The predicted molar refractivity (Wildman–Crippen MR) is 123 cm³/mol. The number of Topliss-reactive ketones (excluding diaryl/α,β-unsaturated/α-hetero) is 1. The van der Waals surface area contributed by atoms with Crippen molar-refractivity contribution in [3.8, 4) is 11.5 Å². The Hall–Kier alpha value is -2.85. The van der Waals surface area contributed by atoms with E-state index in [1.54, 1.807) is 0 Å². The van der Waals surface area contributed by atoms with Crippen LogP contribution in [0.15, 0.2) is 35.4 Å². The number of nitrogens with zero attached hydrogens (tertiary/aromatic N) is 1. The first kappa shape index (κ1) is 21.8. The summed E-state index contributed by atoms with van der Waals surface area (Å²) in [5.74, 6) is 0.655. The predicted octanol–water partition coefficient (Wildman–Crippen LogP) is 5.09. The van der Waals surface area contributed by atoms with Crippen LogP contribution < -0.4 is 0 Å². The van der Waals surface area contributed by atoms with Gasteiger partial charge in [0.25, 0.3) is 0 Å². The van der Waals surface area contributed by atoms with Crippen molar-refractivity contribution in [1.82, 2.24) is 4.90 Å². The van der Waals surface area contributed by atoms with Crippen molar-refractivity contribution in [2.45, 2.75) is 47.6 Å². The fraction of sp³-hybridized carbons (Fsp3) is 0.346. The Morgan fingerprint density at radius 1 is 0.767 bits per heavy atom. The van der Waals surface area contributed by atoms with Crippen LogP contribution in [0.4, 0.5) is 0 Å². The number of aromatic hydroxyl groups is 2. The number of likely N-dealkylation sites (tertiary alicyclic amines) is 1. The molecule has 2 aromatic carbocycles. The highest BCUT2D eigenvalue weighted by Crippen LogP contribution is 2.29. The molecule has 0 bridgehead atoms. The van der Waals surface area contributed by atoms with Gasteiger partial charge in [0, 0.05) is 30.3 Å². The molecular formula is C26H31NO3. The zero-order valence-electron chi connectivity index (χ0n) is 18.7. The van der Waals surface area contributed by atoms with Gasteiger partial charge in [-0.15, -0.1) is 0 Å². The first-order valence-electron chi connectivity index (χ1n) is 10.4. The van der Waals surface area contributed by atoms with Crippen molar-refractivity contribution in [2.24, 2.45) is 0 Å². The Bertz CT molecular complexity index is 934. The monoisotopic (exact) mass is 405 g/mol. The summed E-state index contributed by atoms with van der Waals surface area (Å²) < 4.78 is 0. The normalized spacial score (nSPS) is 18.0. The third-order valence-corrected chi connectivity index (χ3v) is 5.77. The molecule has 1 aliphatic heterocycles. The maximum absolute atomic E-state index is 13.3. The molecule has 0 unspecified atom stereocenters. The average Bonchev–Trinajstić information content (AvgIpc) is 2.66. The number of aryl methyl sites for hydroxylation is 4. The molecule has 4 heteroatoms. The number of piperidine rings is 1. The molecule has 0 amide bonds. The van der Waals surface area contributed by atoms with Crippen molar-refractivity contribution in [1.29, 1.82) is 0 Å². The second-order valence-electron chi connectivity index (χ2n) is 8.67. The van der Waals surface area contributed by atoms with Gasteiger partial charge in [-0.05, 0) is 111 Å². The van der Waals surface area contributed by atoms with E-state index >= 15 is 0 Å². The molecule has 0 aliphatic carbocycles. The lowest BCUT2D eigenvalue weighted by Crippen LogP contribution is -2.41. The van der Waals surface area contributed by atoms with Crippen LogP contribution in [0.2, 0.25) is 0 Å². The van der Waals surface area contributed by atoms with Gasteiger partial charge in [-0.2, -0.15) is 0 Å². The van der Waals surface area contributed by atoms with E-state index in [0.29, 0.717) is 30.6 Å². The zero-order valence-corrected chi connectivity index (χ0v) is 18.7. The van der Waals surface area contributed by atoms with E-state index in [0.717, 1.165) is 44.5 Å². The van der Waals surface area contributed by atoms with Crippen LogP contribution in [0.25, 0.3) is 12.2 Å². The fourth-order valence-electron chi connectivity index (χ4n) is 3.98. The molecule has 3 rings (SSSR count). The quantitative estimate of drug-likeness (QED) is 0.698. The highest BCUT2D eigenvalue weighted by atomic mass is 16.3. The second-order valence-corrected chi connectivity index (χ2v) is 8.67. The minimum absolute atomic E-state index is 0.0543. The molecule has 2 N–H and O–H groups in total. The Balaban J connectivity index is 2.04. The molecular weight excluding hydrogens is 374 g/mol. The number of ketones is 1. The number of hydrogen-bond acceptors (Lipinski definition) is 4. The number of phenolic OH excluding ortho intramolecular Hbond substituents is 2. The van der Waals surface area contributed by atoms with Crippen LogP contribution in [0.5, 0.6) is 11.5 Å². The van der Waals surface area contributed by atoms with Gasteiger partial charge in [-0.3, -0.25) is 9.69 Å². The van der Waals surface area contributed by atoms with Gasteiger partial charge in [0.15, 0.2) is 5.78 Å². The third kappa shape index (κ3) is 4.49. The highest BCUT2D eigenvalue weighted by Gasteiger charge is 2.27. The Kier molecular flexibility index (Phi) is 6.18. The Morgan fingerprint density at radius 3 is 1.40 bits per heavy atom. The zero-order chi connectivity index (χ0) is 22.2. The number of benzene rings is 2. The third-order valence-electron chi connectivity index (χ3n) is 5.77. The molecule has 2 aromatic rings. The molecule has 1 heterocycles. The van der Waals surface area contributed by atoms with E-state index in [1.165, 1.54) is 0 Å². The molecule has 0 aromatic heterocycles. The van der Waals surface area contributed by atoms with Gasteiger partial charge < -0.3 is 10.2 Å². The highest BCUT2D eigenvalue weighted by molar-refractivity contribution is 6.14. The summed E-state index contributed by atoms with van der Waals surface area (Å²) in [6.45, 7) is 12.9. The number of carbonyl (C=O) groups is 1. The molecule has 158 valence electrons. The largest absolute Gasteiger partial charge is 0.507 e. The molecule has 0 spiro atoms. The second kappa shape index (κ2) is 8.49. The maximum Gasteiger partial charge on any atom is 0.187 e. The van der Waals surface area contributed by atoms with E-state index < -0.39 is 0 Å². The van der Waals surface area contributed by atoms with Crippen molar-refractivity contribution < 1.29 is 15.0 Å². The molecule has 0 saturated carbocycles. The first-order valence-corrected chi connectivity index (χ1v) is 10.4. The SMILES string of the molecule is Cc1cc(/C=C2\CN(C(C)C)C/C(=C\c3cc(C)c(O)c(C)c3)C2=O)cc(C)c1O. The summed E-state index contributed by atoms with van der Waals surface area (Å²) in [4.78, 5) is 15.6. The molecule has 0 atom stereocenters. The number of phenols is 2. The molecule has 30 heavy (non-hydrogen) atoms. The number of rotatable bonds is 3. The van der Waals surface area contributed by atoms with Gasteiger partial charge in [0.05, 0.1) is 0 Å². The lowest BCUT2D eigenvalue weighted by Gasteiger charge is -2.33. The van der Waals surface area contributed by atoms with Crippen LogP contribution in [0.3, 0.4) is 0 Å². The smallest absolute Gasteiger partial charge is 0.187 e. The van der Waals surface area contributed by atoms with Gasteiger partial charge in [0.2, 0.25) is 0 Å². The van der Waals surface area contributed by atoms with Gasteiger partial charge in [0.1, 0.15) is 11.5 Å². The number of hydrogen-bond donors (Lipinski definition) is 2. The van der Waals surface area contributed by atoms with Crippen LogP contribution in [0, 0.1) is 27.7 Å². The molecule has 1 aliphatic rings. The Labute approximate surface area is 179 Å². The molecule has 4 nitrogen and oxygen atoms in total. The minimum Gasteiger partial charge on any atom is -0.507 e. The summed E-state index contributed by atoms with van der Waals surface area (Å²) in [5, 5.41) is 20.1. The summed E-state index contributed by atoms with van der Waals surface area (Å²) in [7, 11) is 0. The van der Waals surface area contributed by atoms with E-state index in [4.69, 9.17) is 0 Å². The fourth-order valence-corrected chi connectivity index (χ4v) is 3.98. The Morgan fingerprint density at radius 2 is 1.10 bits per heavy atom. The van der Waals surface area contributed by atoms with Gasteiger partial charge in [-0.1, -0.05) is 0 Å². The summed E-state index contributed by atoms with van der Waals surface area (Å²) in [6.07, 6.45) is 3.88. The molecule has 0 radical (unpaired) electrons. The van der Waals surface area contributed by atoms with Crippen molar-refractivity contribution in [3.63, 3.8) is 0 Å². The maximum atomic E-state index is 13.3. The molecule has 1 saturated heterocycles.